The molecule has 0 atom stereocenters. The van der Waals surface area contributed by atoms with Crippen LogP contribution in [0.1, 0.15) is 15.2 Å². The number of esters is 1. The summed E-state index contributed by atoms with van der Waals surface area (Å²) in [5.74, 6) is -2.02. The van der Waals surface area contributed by atoms with Gasteiger partial charge in [-0.3, -0.25) is 9.59 Å². The van der Waals surface area contributed by atoms with Crippen LogP contribution in [-0.4, -0.2) is 31.1 Å². The van der Waals surface area contributed by atoms with Gasteiger partial charge in [0.05, 0.1) is 18.3 Å². The number of thiophene rings is 1. The third-order valence-corrected chi connectivity index (χ3v) is 6.71. The Morgan fingerprint density at radius 2 is 1.69 bits per heavy atom. The molecule has 0 unspecified atom stereocenters. The third kappa shape index (κ3) is 5.83. The van der Waals surface area contributed by atoms with Crippen LogP contribution >= 0.6 is 34.5 Å². The summed E-state index contributed by atoms with van der Waals surface area (Å²) < 4.78 is 11.7. The summed E-state index contributed by atoms with van der Waals surface area (Å²) in [4.78, 5) is 37.0. The first-order valence-corrected chi connectivity index (χ1v) is 11.9. The van der Waals surface area contributed by atoms with Crippen molar-refractivity contribution in [2.45, 2.75) is 0 Å². The zero-order valence-corrected chi connectivity index (χ0v) is 20.9. The van der Waals surface area contributed by atoms with Gasteiger partial charge in [0.15, 0.2) is 11.5 Å². The van der Waals surface area contributed by atoms with Crippen molar-refractivity contribution in [3.8, 4) is 11.5 Å². The number of carbonyl (C=O) groups is 3. The predicted octanol–water partition coefficient (Wildman–Crippen LogP) is 5.52. The van der Waals surface area contributed by atoms with Gasteiger partial charge in [0.1, 0.15) is 4.88 Å². The monoisotopic (exact) mass is 541 g/mol. The van der Waals surface area contributed by atoms with Crippen LogP contribution in [0, 0.1) is 0 Å². The van der Waals surface area contributed by atoms with Crippen molar-refractivity contribution >= 4 is 74.3 Å². The van der Waals surface area contributed by atoms with Gasteiger partial charge in [-0.25, -0.2) is 10.2 Å². The topological polar surface area (TPSA) is 106 Å². The molecule has 2 N–H and O–H groups in total. The molecule has 0 saturated heterocycles. The number of methoxy groups -OCH3 is 1. The number of hydrazone groups is 1. The minimum Gasteiger partial charge on any atom is -0.493 e. The second kappa shape index (κ2) is 11.2. The minimum absolute atomic E-state index is 0.180. The van der Waals surface area contributed by atoms with Crippen LogP contribution in [0.15, 0.2) is 71.8 Å². The minimum atomic E-state index is -0.959. The molecule has 8 nitrogen and oxygen atoms in total. The first-order chi connectivity index (χ1) is 17.4. The largest absolute Gasteiger partial charge is 0.493 e. The van der Waals surface area contributed by atoms with Crippen LogP contribution in [0.25, 0.3) is 10.1 Å². The molecule has 0 aliphatic heterocycles. The number of rotatable bonds is 6. The lowest BCUT2D eigenvalue weighted by Crippen LogP contribution is -2.32. The van der Waals surface area contributed by atoms with E-state index < -0.39 is 17.8 Å². The lowest BCUT2D eigenvalue weighted by atomic mass is 10.2. The van der Waals surface area contributed by atoms with E-state index in [-0.39, 0.29) is 16.4 Å². The Kier molecular flexibility index (Phi) is 7.84. The van der Waals surface area contributed by atoms with Crippen molar-refractivity contribution in [3.05, 3.63) is 87.2 Å². The summed E-state index contributed by atoms with van der Waals surface area (Å²) in [6.45, 7) is 0. The van der Waals surface area contributed by atoms with E-state index in [0.29, 0.717) is 21.3 Å². The second-order valence-corrected chi connectivity index (χ2v) is 9.07. The summed E-state index contributed by atoms with van der Waals surface area (Å²) in [6.07, 6.45) is 1.31. The number of anilines is 1. The number of ether oxygens (including phenoxy) is 2. The molecule has 0 aliphatic carbocycles. The molecule has 0 bridgehead atoms. The molecule has 36 heavy (non-hydrogen) atoms. The van der Waals surface area contributed by atoms with E-state index in [9.17, 15) is 14.4 Å². The Balaban J connectivity index is 1.39. The first-order valence-electron chi connectivity index (χ1n) is 10.3. The summed E-state index contributed by atoms with van der Waals surface area (Å²) in [5, 5.41) is 7.82. The van der Waals surface area contributed by atoms with Crippen molar-refractivity contribution in [2.24, 2.45) is 5.10 Å². The number of hydrogen-bond donors (Lipinski definition) is 2. The Hall–Kier alpha value is -3.92. The van der Waals surface area contributed by atoms with Gasteiger partial charge in [-0.15, -0.1) is 11.3 Å². The van der Waals surface area contributed by atoms with Gasteiger partial charge >= 0.3 is 17.8 Å². The first kappa shape index (κ1) is 25.2. The number of nitrogens with zero attached hydrogens (tertiary/aromatic N) is 1. The van der Waals surface area contributed by atoms with Gasteiger partial charge in [0.25, 0.3) is 0 Å². The molecule has 0 radical (unpaired) electrons. The number of amides is 2. The van der Waals surface area contributed by atoms with Crippen LogP contribution < -0.4 is 20.2 Å². The molecule has 4 aromatic rings. The molecule has 182 valence electrons. The molecule has 0 saturated carbocycles. The van der Waals surface area contributed by atoms with Crippen molar-refractivity contribution in [3.63, 3.8) is 0 Å². The number of fused-ring (bicyclic) bond motifs is 1. The Labute approximate surface area is 219 Å². The summed E-state index contributed by atoms with van der Waals surface area (Å²) in [7, 11) is 1.42. The van der Waals surface area contributed by atoms with Crippen molar-refractivity contribution in [2.75, 3.05) is 12.4 Å². The predicted molar refractivity (Wildman–Crippen MR) is 141 cm³/mol. The zero-order chi connectivity index (χ0) is 25.7. The molecule has 4 rings (SSSR count). The number of nitrogens with one attached hydrogen (secondary N) is 2. The summed E-state index contributed by atoms with van der Waals surface area (Å²) in [5.41, 5.74) is 3.07. The lowest BCUT2D eigenvalue weighted by molar-refractivity contribution is -0.136. The van der Waals surface area contributed by atoms with Gasteiger partial charge in [-0.1, -0.05) is 41.4 Å². The highest BCUT2D eigenvalue weighted by Gasteiger charge is 2.20. The van der Waals surface area contributed by atoms with Crippen LogP contribution in [-0.2, 0) is 9.59 Å². The molecule has 0 spiro atoms. The third-order valence-electron chi connectivity index (χ3n) is 4.80. The molecule has 1 heterocycles. The standard InChI is InChI=1S/C25H17Cl2N3O5S/c1-34-19-12-14(13-28-30-24(32)23(31)29-16-9-7-15(26)8-10-16)6-11-18(19)35-25(33)22-21(27)17-4-2-3-5-20(17)36-22/h2-13H,1H3,(H,29,31)(H,30,32)/b28-13+. The van der Waals surface area contributed by atoms with Crippen LogP contribution in [0.3, 0.4) is 0 Å². The van der Waals surface area contributed by atoms with E-state index in [4.69, 9.17) is 32.7 Å². The summed E-state index contributed by atoms with van der Waals surface area (Å²) >= 11 is 13.4. The van der Waals surface area contributed by atoms with E-state index in [1.807, 2.05) is 24.3 Å². The molecular formula is C25H17Cl2N3O5S. The molecule has 0 fully saturated rings. The van der Waals surface area contributed by atoms with Gasteiger partial charge < -0.3 is 14.8 Å². The number of benzene rings is 3. The maximum absolute atomic E-state index is 12.7. The van der Waals surface area contributed by atoms with Crippen LogP contribution in [0.2, 0.25) is 10.0 Å². The highest BCUT2D eigenvalue weighted by molar-refractivity contribution is 7.21. The summed E-state index contributed by atoms with van der Waals surface area (Å²) in [6, 6.07) is 18.4. The molecule has 1 aromatic heterocycles. The average Bonchev–Trinajstić information content (AvgIpc) is 3.22. The van der Waals surface area contributed by atoms with Gasteiger partial charge in [0.2, 0.25) is 0 Å². The molecular weight excluding hydrogens is 525 g/mol. The van der Waals surface area contributed by atoms with Crippen molar-refractivity contribution in [1.82, 2.24) is 5.43 Å². The molecule has 2 amide bonds. The zero-order valence-electron chi connectivity index (χ0n) is 18.6. The molecule has 11 heteroatoms. The normalized spacial score (nSPS) is 10.9. The molecule has 0 aliphatic rings. The molecule has 3 aromatic carbocycles. The van der Waals surface area contributed by atoms with Gasteiger partial charge in [-0.05, 0) is 54.1 Å². The van der Waals surface area contributed by atoms with Gasteiger partial charge in [-0.2, -0.15) is 5.10 Å². The van der Waals surface area contributed by atoms with E-state index in [1.165, 1.54) is 30.7 Å². The van der Waals surface area contributed by atoms with E-state index >= 15 is 0 Å². The van der Waals surface area contributed by atoms with E-state index in [0.717, 1.165) is 10.1 Å². The fraction of sp³-hybridized carbons (Fsp3) is 0.0400. The highest BCUT2D eigenvalue weighted by atomic mass is 35.5. The Bertz CT molecular complexity index is 1490. The second-order valence-electron chi connectivity index (χ2n) is 7.20. The van der Waals surface area contributed by atoms with E-state index in [1.54, 1.807) is 36.4 Å². The van der Waals surface area contributed by atoms with E-state index in [2.05, 4.69) is 15.8 Å². The number of hydrogen-bond acceptors (Lipinski definition) is 7. The van der Waals surface area contributed by atoms with Crippen molar-refractivity contribution < 1.29 is 23.9 Å². The van der Waals surface area contributed by atoms with Crippen LogP contribution in [0.4, 0.5) is 5.69 Å². The number of carbonyl (C=O) groups excluding carboxylic acids is 3. The fourth-order valence-electron chi connectivity index (χ4n) is 3.08. The Morgan fingerprint density at radius 3 is 2.42 bits per heavy atom. The highest BCUT2D eigenvalue weighted by Crippen LogP contribution is 2.37. The van der Waals surface area contributed by atoms with Gasteiger partial charge in [0, 0.05) is 20.8 Å². The smallest absolute Gasteiger partial charge is 0.355 e. The Morgan fingerprint density at radius 1 is 0.944 bits per heavy atom. The van der Waals surface area contributed by atoms with Crippen LogP contribution in [0.5, 0.6) is 11.5 Å². The quantitative estimate of drug-likeness (QED) is 0.110. The van der Waals surface area contributed by atoms with Crippen molar-refractivity contribution in [1.29, 1.82) is 0 Å². The maximum Gasteiger partial charge on any atom is 0.355 e. The SMILES string of the molecule is COc1cc(/C=N/NC(=O)C(=O)Nc2ccc(Cl)cc2)ccc1OC(=O)c1sc2ccccc2c1Cl. The maximum atomic E-state index is 12.7. The number of halogens is 2. The fourth-order valence-corrected chi connectivity index (χ4v) is 4.59. The lowest BCUT2D eigenvalue weighted by Gasteiger charge is -2.09. The average molecular weight is 542 g/mol.